The Kier molecular flexibility index (Phi) is 13.5. The molecule has 0 aromatic rings. The standard InChI is InChI=1S/C20H38N6O6/c21-9-3-1-6-14(24-17(28)13-8-5-11-23-13)18(29)26-16(12-27)19(30)25-15(20(31)32)7-2-4-10-22/h13-16,23,27H,1-12,21-22H2,(H,24,28)(H,25,30)(H,26,29)(H,31,32)/t13-,14-,15-,16-/m0/s1. The molecule has 4 atom stereocenters. The fourth-order valence-corrected chi connectivity index (χ4v) is 3.43. The topological polar surface area (TPSA) is 209 Å². The summed E-state index contributed by atoms with van der Waals surface area (Å²) in [5.41, 5.74) is 10.9. The Morgan fingerprint density at radius 3 is 1.94 bits per heavy atom. The zero-order valence-corrected chi connectivity index (χ0v) is 18.5. The normalized spacial score (nSPS) is 18.4. The number of amides is 3. The smallest absolute Gasteiger partial charge is 0.326 e. The maximum absolute atomic E-state index is 12.8. The first-order chi connectivity index (χ1) is 15.3. The molecule has 1 aliphatic heterocycles. The molecule has 0 saturated carbocycles. The van der Waals surface area contributed by atoms with Gasteiger partial charge in [0.25, 0.3) is 0 Å². The number of rotatable bonds is 16. The van der Waals surface area contributed by atoms with Gasteiger partial charge in [0.1, 0.15) is 18.1 Å². The summed E-state index contributed by atoms with van der Waals surface area (Å²) in [5, 5.41) is 29.4. The molecule has 10 N–H and O–H groups in total. The average molecular weight is 459 g/mol. The van der Waals surface area contributed by atoms with Crippen LogP contribution in [0.5, 0.6) is 0 Å². The summed E-state index contributed by atoms with van der Waals surface area (Å²) in [5.74, 6) is -2.95. The molecule has 0 aromatic heterocycles. The van der Waals surface area contributed by atoms with Crippen molar-refractivity contribution in [2.75, 3.05) is 26.2 Å². The number of carbonyl (C=O) groups excluding carboxylic acids is 3. The first kappa shape index (κ1) is 27.8. The first-order valence-electron chi connectivity index (χ1n) is 11.2. The number of nitrogens with one attached hydrogen (secondary N) is 4. The van der Waals surface area contributed by atoms with Gasteiger partial charge in [0.2, 0.25) is 17.7 Å². The van der Waals surface area contributed by atoms with Crippen LogP contribution in [0.1, 0.15) is 51.4 Å². The minimum atomic E-state index is -1.35. The van der Waals surface area contributed by atoms with E-state index in [4.69, 9.17) is 11.5 Å². The molecular weight excluding hydrogens is 420 g/mol. The van der Waals surface area contributed by atoms with Gasteiger partial charge in [-0.15, -0.1) is 0 Å². The summed E-state index contributed by atoms with van der Waals surface area (Å²) in [4.78, 5) is 49.1. The Morgan fingerprint density at radius 2 is 1.44 bits per heavy atom. The monoisotopic (exact) mass is 458 g/mol. The van der Waals surface area contributed by atoms with E-state index in [9.17, 15) is 29.4 Å². The van der Waals surface area contributed by atoms with Gasteiger partial charge in [-0.1, -0.05) is 0 Å². The quantitative estimate of drug-likeness (QED) is 0.115. The van der Waals surface area contributed by atoms with Crippen LogP contribution < -0.4 is 32.7 Å². The number of carboxylic acids is 1. The lowest BCUT2D eigenvalue weighted by Gasteiger charge is -2.24. The predicted molar refractivity (Wildman–Crippen MR) is 117 cm³/mol. The lowest BCUT2D eigenvalue weighted by molar-refractivity contribution is -0.142. The van der Waals surface area contributed by atoms with E-state index in [2.05, 4.69) is 21.3 Å². The summed E-state index contributed by atoms with van der Waals surface area (Å²) in [6.07, 6.45) is 4.40. The van der Waals surface area contributed by atoms with Crippen LogP contribution in [-0.2, 0) is 19.2 Å². The number of nitrogens with two attached hydrogens (primary N) is 2. The maximum atomic E-state index is 12.8. The molecule has 0 spiro atoms. The molecule has 1 saturated heterocycles. The van der Waals surface area contributed by atoms with Crippen molar-refractivity contribution in [2.45, 2.75) is 75.5 Å². The molecule has 0 unspecified atom stereocenters. The zero-order chi connectivity index (χ0) is 23.9. The van der Waals surface area contributed by atoms with Crippen LogP contribution in [0.3, 0.4) is 0 Å². The number of hydrogen-bond acceptors (Lipinski definition) is 8. The second-order valence-electron chi connectivity index (χ2n) is 7.92. The summed E-state index contributed by atoms with van der Waals surface area (Å²) >= 11 is 0. The Labute approximate surface area is 188 Å². The number of carboxylic acid groups (broad SMARTS) is 1. The molecule has 1 aliphatic rings. The molecule has 184 valence electrons. The third kappa shape index (κ3) is 9.90. The van der Waals surface area contributed by atoms with Crippen LogP contribution >= 0.6 is 0 Å². The van der Waals surface area contributed by atoms with Crippen LogP contribution in [-0.4, -0.2) is 84.3 Å². The summed E-state index contributed by atoms with van der Waals surface area (Å²) < 4.78 is 0. The molecule has 0 aromatic carbocycles. The molecule has 12 nitrogen and oxygen atoms in total. The van der Waals surface area contributed by atoms with Crippen molar-refractivity contribution in [1.29, 1.82) is 0 Å². The molecule has 0 bridgehead atoms. The molecule has 32 heavy (non-hydrogen) atoms. The molecule has 0 aliphatic carbocycles. The molecule has 1 rings (SSSR count). The molecule has 1 fully saturated rings. The summed E-state index contributed by atoms with van der Waals surface area (Å²) in [6.45, 7) is 0.851. The SMILES string of the molecule is NCCCC[C@H](NC(=O)[C@H](CO)NC(=O)[C@H](CCCCN)NC(=O)[C@@H]1CCCN1)C(=O)O. The van der Waals surface area contributed by atoms with Crippen LogP contribution in [0.4, 0.5) is 0 Å². The minimum Gasteiger partial charge on any atom is -0.480 e. The highest BCUT2D eigenvalue weighted by Crippen LogP contribution is 2.08. The van der Waals surface area contributed by atoms with Gasteiger partial charge in [-0.25, -0.2) is 4.79 Å². The highest BCUT2D eigenvalue weighted by Gasteiger charge is 2.30. The molecule has 3 amide bonds. The van der Waals surface area contributed by atoms with Crippen LogP contribution in [0.2, 0.25) is 0 Å². The second kappa shape index (κ2) is 15.5. The molecule has 1 heterocycles. The van der Waals surface area contributed by atoms with E-state index in [0.717, 1.165) is 13.0 Å². The van der Waals surface area contributed by atoms with E-state index in [1.807, 2.05) is 0 Å². The van der Waals surface area contributed by atoms with Crippen molar-refractivity contribution in [1.82, 2.24) is 21.3 Å². The molecule has 12 heteroatoms. The fraction of sp³-hybridized carbons (Fsp3) is 0.800. The molecular formula is C20H38N6O6. The Hall–Kier alpha value is -2.28. The van der Waals surface area contributed by atoms with Crippen molar-refractivity contribution in [3.05, 3.63) is 0 Å². The number of aliphatic hydroxyl groups excluding tert-OH is 1. The zero-order valence-electron chi connectivity index (χ0n) is 18.5. The van der Waals surface area contributed by atoms with Gasteiger partial charge in [0.15, 0.2) is 0 Å². The fourth-order valence-electron chi connectivity index (χ4n) is 3.43. The van der Waals surface area contributed by atoms with Crippen LogP contribution in [0.15, 0.2) is 0 Å². The van der Waals surface area contributed by atoms with Gasteiger partial charge in [-0.2, -0.15) is 0 Å². The summed E-state index contributed by atoms with van der Waals surface area (Å²) in [6, 6.07) is -3.79. The van der Waals surface area contributed by atoms with Crippen molar-refractivity contribution in [3.8, 4) is 0 Å². The highest BCUT2D eigenvalue weighted by atomic mass is 16.4. The van der Waals surface area contributed by atoms with Crippen LogP contribution in [0, 0.1) is 0 Å². The lowest BCUT2D eigenvalue weighted by Crippen LogP contribution is -2.58. The van der Waals surface area contributed by atoms with Gasteiger partial charge >= 0.3 is 5.97 Å². The maximum Gasteiger partial charge on any atom is 0.326 e. The second-order valence-corrected chi connectivity index (χ2v) is 7.92. The number of aliphatic hydroxyl groups is 1. The number of carbonyl (C=O) groups is 4. The average Bonchev–Trinajstić information content (AvgIpc) is 3.31. The van der Waals surface area contributed by atoms with Gasteiger partial charge in [0, 0.05) is 0 Å². The molecule has 0 radical (unpaired) electrons. The van der Waals surface area contributed by atoms with E-state index >= 15 is 0 Å². The van der Waals surface area contributed by atoms with Gasteiger partial charge in [-0.3, -0.25) is 14.4 Å². The number of aliphatic carboxylic acids is 1. The number of unbranched alkanes of at least 4 members (excludes halogenated alkanes) is 2. The van der Waals surface area contributed by atoms with Crippen molar-refractivity contribution < 1.29 is 29.4 Å². The van der Waals surface area contributed by atoms with Crippen molar-refractivity contribution >= 4 is 23.7 Å². The van der Waals surface area contributed by atoms with E-state index in [1.54, 1.807) is 0 Å². The Morgan fingerprint density at radius 1 is 0.875 bits per heavy atom. The van der Waals surface area contributed by atoms with Gasteiger partial charge < -0.3 is 42.9 Å². The minimum absolute atomic E-state index is 0.177. The third-order valence-electron chi connectivity index (χ3n) is 5.33. The van der Waals surface area contributed by atoms with Crippen molar-refractivity contribution in [3.63, 3.8) is 0 Å². The first-order valence-corrected chi connectivity index (χ1v) is 11.2. The third-order valence-corrected chi connectivity index (χ3v) is 5.33. The highest BCUT2D eigenvalue weighted by molar-refractivity contribution is 5.94. The van der Waals surface area contributed by atoms with E-state index in [-0.39, 0.29) is 18.4 Å². The number of hydrogen-bond donors (Lipinski definition) is 8. The lowest BCUT2D eigenvalue weighted by atomic mass is 10.1. The predicted octanol–water partition coefficient (Wildman–Crippen LogP) is -2.47. The van der Waals surface area contributed by atoms with Gasteiger partial charge in [-0.05, 0) is 71.0 Å². The largest absolute Gasteiger partial charge is 0.480 e. The Balaban J connectivity index is 2.74. The van der Waals surface area contributed by atoms with E-state index in [0.29, 0.717) is 51.6 Å². The Bertz CT molecular complexity index is 613. The van der Waals surface area contributed by atoms with Crippen LogP contribution in [0.25, 0.3) is 0 Å². The van der Waals surface area contributed by atoms with E-state index < -0.39 is 42.5 Å². The summed E-state index contributed by atoms with van der Waals surface area (Å²) in [7, 11) is 0. The van der Waals surface area contributed by atoms with Crippen molar-refractivity contribution in [2.24, 2.45) is 11.5 Å². The van der Waals surface area contributed by atoms with E-state index in [1.165, 1.54) is 0 Å². The van der Waals surface area contributed by atoms with Gasteiger partial charge in [0.05, 0.1) is 12.6 Å².